The molecular formula is C28H21F4N5O3. The fraction of sp³-hybridized carbons (Fsp3) is 0.214. The van der Waals surface area contributed by atoms with E-state index in [1.165, 1.54) is 59.2 Å². The third-order valence-electron chi connectivity index (χ3n) is 7.05. The highest BCUT2D eigenvalue weighted by molar-refractivity contribution is 6.44. The van der Waals surface area contributed by atoms with Crippen LogP contribution in [0.5, 0.6) is 0 Å². The molecule has 1 saturated heterocycles. The van der Waals surface area contributed by atoms with Crippen LogP contribution in [0.1, 0.15) is 39.5 Å². The number of fused-ring (bicyclic) bond motifs is 1. The summed E-state index contributed by atoms with van der Waals surface area (Å²) >= 11 is 0. The monoisotopic (exact) mass is 551 g/mol. The third kappa shape index (κ3) is 4.49. The maximum absolute atomic E-state index is 14.7. The molecule has 1 fully saturated rings. The van der Waals surface area contributed by atoms with E-state index in [2.05, 4.69) is 0 Å². The van der Waals surface area contributed by atoms with Crippen molar-refractivity contribution < 1.29 is 27.2 Å². The summed E-state index contributed by atoms with van der Waals surface area (Å²) in [5, 5.41) is 9.47. The quantitative estimate of drug-likeness (QED) is 0.221. The van der Waals surface area contributed by atoms with Gasteiger partial charge in [-0.3, -0.25) is 18.7 Å². The number of carbonyl (C=O) groups is 2. The number of nitrogens with zero attached hydrogens (tertiary/aromatic N) is 4. The lowest BCUT2D eigenvalue weighted by Gasteiger charge is -2.21. The molecule has 0 radical (unpaired) electrons. The lowest BCUT2D eigenvalue weighted by molar-refractivity contribution is -0.138. The first-order valence-electron chi connectivity index (χ1n) is 12.2. The van der Waals surface area contributed by atoms with Crippen LogP contribution in [0.15, 0.2) is 65.5 Å². The van der Waals surface area contributed by atoms with Crippen molar-refractivity contribution in [3.05, 3.63) is 99.2 Å². The zero-order chi connectivity index (χ0) is 28.8. The molecule has 2 N–H and O–H groups in total. The molecule has 4 aromatic rings. The molecular weight excluding hydrogens is 530 g/mol. The topological polar surface area (TPSA) is 114 Å². The number of carbonyl (C=O) groups excluding carboxylic acids is 2. The molecule has 12 heteroatoms. The molecule has 1 aromatic heterocycles. The number of rotatable bonds is 6. The summed E-state index contributed by atoms with van der Waals surface area (Å²) in [6.45, 7) is -0.138. The Kier molecular flexibility index (Phi) is 6.67. The van der Waals surface area contributed by atoms with Crippen molar-refractivity contribution in [2.45, 2.75) is 25.2 Å². The van der Waals surface area contributed by atoms with E-state index in [4.69, 9.17) is 5.73 Å². The van der Waals surface area contributed by atoms with E-state index in [-0.39, 0.29) is 46.5 Å². The smallest absolute Gasteiger partial charge is 0.366 e. The van der Waals surface area contributed by atoms with Gasteiger partial charge in [-0.05, 0) is 42.3 Å². The van der Waals surface area contributed by atoms with Crippen LogP contribution in [-0.2, 0) is 17.5 Å². The van der Waals surface area contributed by atoms with Gasteiger partial charge in [0.2, 0.25) is 0 Å². The number of para-hydroxylation sites is 2. The molecule has 204 valence electrons. The van der Waals surface area contributed by atoms with Crippen molar-refractivity contribution in [1.29, 1.82) is 5.26 Å². The Morgan fingerprint density at radius 1 is 1.05 bits per heavy atom. The van der Waals surface area contributed by atoms with Gasteiger partial charge < -0.3 is 10.6 Å². The molecule has 2 heterocycles. The summed E-state index contributed by atoms with van der Waals surface area (Å²) in [5.41, 5.74) is 3.53. The van der Waals surface area contributed by atoms with Gasteiger partial charge in [0, 0.05) is 13.1 Å². The second kappa shape index (κ2) is 10.00. The van der Waals surface area contributed by atoms with Gasteiger partial charge in [-0.2, -0.15) is 18.4 Å². The molecule has 1 atom stereocenters. The maximum Gasteiger partial charge on any atom is 0.416 e. The molecule has 8 nitrogen and oxygen atoms in total. The summed E-state index contributed by atoms with van der Waals surface area (Å²) < 4.78 is 58.4. The fourth-order valence-electron chi connectivity index (χ4n) is 5.34. The van der Waals surface area contributed by atoms with Crippen molar-refractivity contribution in [3.63, 3.8) is 0 Å². The zero-order valence-corrected chi connectivity index (χ0v) is 20.8. The number of nitrogens with two attached hydrogens (primary N) is 1. The second-order valence-electron chi connectivity index (χ2n) is 9.40. The Labute approximate surface area is 224 Å². The average Bonchev–Trinajstić information content (AvgIpc) is 3.50. The Balaban J connectivity index is 1.68. The number of nitriles is 1. The van der Waals surface area contributed by atoms with Gasteiger partial charge >= 0.3 is 11.9 Å². The molecule has 0 saturated carbocycles. The summed E-state index contributed by atoms with van der Waals surface area (Å²) in [4.78, 5) is 40.0. The molecule has 1 aliphatic heterocycles. The van der Waals surface area contributed by atoms with Gasteiger partial charge in [-0.1, -0.05) is 30.3 Å². The summed E-state index contributed by atoms with van der Waals surface area (Å²) in [6, 6.07) is 14.5. The highest BCUT2D eigenvalue weighted by atomic mass is 19.4. The van der Waals surface area contributed by atoms with E-state index in [1.807, 2.05) is 6.07 Å². The van der Waals surface area contributed by atoms with E-state index >= 15 is 0 Å². The van der Waals surface area contributed by atoms with Gasteiger partial charge in [-0.25, -0.2) is 9.18 Å². The van der Waals surface area contributed by atoms with E-state index in [0.717, 1.165) is 10.6 Å². The molecule has 3 aromatic carbocycles. The normalized spacial score (nSPS) is 15.4. The van der Waals surface area contributed by atoms with Gasteiger partial charge in [0.1, 0.15) is 11.9 Å². The number of amides is 1. The molecule has 0 unspecified atom stereocenters. The lowest BCUT2D eigenvalue weighted by atomic mass is 10.1. The number of Topliss-reactive ketones (excluding diaryl/α,β-unsaturated/α-hetero) is 1. The predicted molar refractivity (Wildman–Crippen MR) is 137 cm³/mol. The first-order chi connectivity index (χ1) is 19.0. The number of ketones is 1. The minimum atomic E-state index is -4.70. The minimum absolute atomic E-state index is 0.0321. The van der Waals surface area contributed by atoms with Crippen LogP contribution in [0.25, 0.3) is 11.0 Å². The second-order valence-corrected chi connectivity index (χ2v) is 9.40. The molecule has 1 aliphatic rings. The minimum Gasteiger partial charge on any atom is -0.366 e. The van der Waals surface area contributed by atoms with Crippen molar-refractivity contribution in [3.8, 4) is 6.07 Å². The Bertz CT molecular complexity index is 1770. The Morgan fingerprint density at radius 2 is 1.77 bits per heavy atom. The number of benzene rings is 3. The van der Waals surface area contributed by atoms with Gasteiger partial charge in [0.05, 0.1) is 46.0 Å². The maximum atomic E-state index is 14.7. The number of imidazole rings is 1. The standard InChI is InChI=1S/C28H21F4N5O3/c29-21-9-3-6-16(13-33)23(21)35-12-11-18(15-35)37-22-10-4-7-19(25(38)26(34)39)24(22)36(27(37)40)14-17-5-1-2-8-20(17)28(30,31)32/h1-10,18H,11-12,14-15H2,(H2,34,39)/t18-/m1/s1. The van der Waals surface area contributed by atoms with Crippen molar-refractivity contribution >= 4 is 28.4 Å². The van der Waals surface area contributed by atoms with Gasteiger partial charge in [-0.15, -0.1) is 0 Å². The third-order valence-corrected chi connectivity index (χ3v) is 7.05. The van der Waals surface area contributed by atoms with E-state index in [9.17, 15) is 37.2 Å². The number of anilines is 1. The van der Waals surface area contributed by atoms with E-state index < -0.39 is 47.5 Å². The highest BCUT2D eigenvalue weighted by Gasteiger charge is 2.35. The van der Waals surface area contributed by atoms with Crippen LogP contribution >= 0.6 is 0 Å². The van der Waals surface area contributed by atoms with Gasteiger partial charge in [0.25, 0.3) is 11.7 Å². The van der Waals surface area contributed by atoms with Crippen LogP contribution in [-0.4, -0.2) is 33.9 Å². The first kappa shape index (κ1) is 26.7. The van der Waals surface area contributed by atoms with Crippen LogP contribution < -0.4 is 16.3 Å². The average molecular weight is 552 g/mol. The van der Waals surface area contributed by atoms with Gasteiger partial charge in [0.15, 0.2) is 0 Å². The fourth-order valence-corrected chi connectivity index (χ4v) is 5.34. The van der Waals surface area contributed by atoms with Crippen LogP contribution in [0.2, 0.25) is 0 Å². The van der Waals surface area contributed by atoms with Crippen molar-refractivity contribution in [1.82, 2.24) is 9.13 Å². The lowest BCUT2D eigenvalue weighted by Crippen LogP contribution is -2.30. The van der Waals surface area contributed by atoms with E-state index in [1.54, 1.807) is 4.90 Å². The van der Waals surface area contributed by atoms with Crippen molar-refractivity contribution in [2.75, 3.05) is 18.0 Å². The number of aromatic nitrogens is 2. The molecule has 1 amide bonds. The highest BCUT2D eigenvalue weighted by Crippen LogP contribution is 2.35. The number of hydrogen-bond donors (Lipinski definition) is 1. The Morgan fingerprint density at radius 3 is 2.48 bits per heavy atom. The zero-order valence-electron chi connectivity index (χ0n) is 20.8. The van der Waals surface area contributed by atoms with Crippen LogP contribution in [0.4, 0.5) is 23.2 Å². The number of halogens is 4. The first-order valence-corrected chi connectivity index (χ1v) is 12.2. The molecule has 40 heavy (non-hydrogen) atoms. The number of primary amides is 1. The molecule has 5 rings (SSSR count). The van der Waals surface area contributed by atoms with Crippen LogP contribution in [0, 0.1) is 17.1 Å². The van der Waals surface area contributed by atoms with Crippen molar-refractivity contribution in [2.24, 2.45) is 5.73 Å². The molecule has 0 spiro atoms. The van der Waals surface area contributed by atoms with Crippen LogP contribution in [0.3, 0.4) is 0 Å². The predicted octanol–water partition coefficient (Wildman–Crippen LogP) is 4.00. The summed E-state index contributed by atoms with van der Waals surface area (Å²) in [6.07, 6.45) is -4.36. The largest absolute Gasteiger partial charge is 0.416 e. The number of alkyl halides is 3. The Hall–Kier alpha value is -4.92. The molecule has 0 bridgehead atoms. The molecule has 0 aliphatic carbocycles. The van der Waals surface area contributed by atoms with E-state index in [0.29, 0.717) is 6.42 Å². The number of hydrogen-bond acceptors (Lipinski definition) is 5. The summed E-state index contributed by atoms with van der Waals surface area (Å²) in [7, 11) is 0. The summed E-state index contributed by atoms with van der Waals surface area (Å²) in [5.74, 6) is -2.99. The SMILES string of the molecule is N#Cc1cccc(F)c1N1CC[C@@H](n2c(=O)n(Cc3ccccc3C(F)(F)F)c3c(C(=O)C(N)=O)cccc32)C1.